The first-order chi connectivity index (χ1) is 10.1. The maximum Gasteiger partial charge on any atom is 0.305 e. The van der Waals surface area contributed by atoms with E-state index in [2.05, 4.69) is 0 Å². The predicted octanol–water partition coefficient (Wildman–Crippen LogP) is 1.40. The van der Waals surface area contributed by atoms with Gasteiger partial charge >= 0.3 is 5.97 Å². The Kier molecular flexibility index (Phi) is 4.80. The molecule has 1 N–H and O–H groups in total. The van der Waals surface area contributed by atoms with Gasteiger partial charge < -0.3 is 19.5 Å². The number of ether oxygens (including phenoxy) is 2. The molecule has 1 heterocycles. The number of carboxylic acid groups (broad SMARTS) is 1. The number of rotatable bonds is 5. The molecule has 2 unspecified atom stereocenters. The van der Waals surface area contributed by atoms with E-state index in [9.17, 15) is 9.59 Å². The van der Waals surface area contributed by atoms with Crippen LogP contribution in [0.5, 0.6) is 5.75 Å². The summed E-state index contributed by atoms with van der Waals surface area (Å²) < 4.78 is 10.5. The molecule has 1 saturated heterocycles. The fourth-order valence-electron chi connectivity index (χ4n) is 2.66. The highest BCUT2D eigenvalue weighted by molar-refractivity contribution is 5.97. The quantitative estimate of drug-likeness (QED) is 0.888. The van der Waals surface area contributed by atoms with Gasteiger partial charge in [-0.1, -0.05) is 12.1 Å². The van der Waals surface area contributed by atoms with E-state index in [1.165, 1.54) is 7.11 Å². The first-order valence-electron chi connectivity index (χ1n) is 6.75. The van der Waals surface area contributed by atoms with Gasteiger partial charge in [-0.05, 0) is 18.6 Å². The molecule has 21 heavy (non-hydrogen) atoms. The zero-order chi connectivity index (χ0) is 15.4. The van der Waals surface area contributed by atoms with E-state index in [-0.39, 0.29) is 24.5 Å². The first-order valence-corrected chi connectivity index (χ1v) is 6.75. The molecule has 2 atom stereocenters. The van der Waals surface area contributed by atoms with Crippen LogP contribution in [0.25, 0.3) is 0 Å². The van der Waals surface area contributed by atoms with E-state index in [0.29, 0.717) is 24.3 Å². The number of nitrogens with zero attached hydrogens (tertiary/aromatic N) is 1. The summed E-state index contributed by atoms with van der Waals surface area (Å²) in [6.45, 7) is 0.394. The zero-order valence-electron chi connectivity index (χ0n) is 12.1. The number of hydrogen-bond acceptors (Lipinski definition) is 4. The van der Waals surface area contributed by atoms with E-state index in [4.69, 9.17) is 14.6 Å². The van der Waals surface area contributed by atoms with Gasteiger partial charge in [-0.25, -0.2) is 0 Å². The second kappa shape index (κ2) is 6.58. The normalized spacial score (nSPS) is 21.3. The van der Waals surface area contributed by atoms with Gasteiger partial charge in [0.25, 0.3) is 5.91 Å². The number of likely N-dealkylation sites (tertiary alicyclic amines) is 1. The van der Waals surface area contributed by atoms with Crippen LogP contribution in [-0.4, -0.2) is 54.8 Å². The number of benzene rings is 1. The smallest absolute Gasteiger partial charge is 0.305 e. The van der Waals surface area contributed by atoms with Crippen LogP contribution in [-0.2, 0) is 9.53 Å². The summed E-state index contributed by atoms with van der Waals surface area (Å²) in [6, 6.07) is 6.57. The maximum absolute atomic E-state index is 12.7. The highest BCUT2D eigenvalue weighted by atomic mass is 16.5. The Morgan fingerprint density at radius 3 is 2.67 bits per heavy atom. The molecule has 6 nitrogen and oxygen atoms in total. The number of methoxy groups -OCH3 is 2. The van der Waals surface area contributed by atoms with Gasteiger partial charge in [-0.2, -0.15) is 0 Å². The Morgan fingerprint density at radius 2 is 2.05 bits per heavy atom. The largest absolute Gasteiger partial charge is 0.496 e. The summed E-state index contributed by atoms with van der Waals surface area (Å²) >= 11 is 0. The van der Waals surface area contributed by atoms with Crippen molar-refractivity contribution in [1.82, 2.24) is 4.90 Å². The van der Waals surface area contributed by atoms with E-state index in [0.717, 1.165) is 0 Å². The van der Waals surface area contributed by atoms with Crippen molar-refractivity contribution >= 4 is 11.9 Å². The number of aliphatic carboxylic acids is 1. The van der Waals surface area contributed by atoms with Crippen molar-refractivity contribution < 1.29 is 24.2 Å². The minimum Gasteiger partial charge on any atom is -0.496 e. The van der Waals surface area contributed by atoms with Gasteiger partial charge in [0.15, 0.2) is 0 Å². The van der Waals surface area contributed by atoms with E-state index in [1.807, 2.05) is 0 Å². The minimum absolute atomic E-state index is 0.0826. The predicted molar refractivity (Wildman–Crippen MR) is 75.5 cm³/mol. The van der Waals surface area contributed by atoms with Crippen molar-refractivity contribution in [2.75, 3.05) is 20.8 Å². The van der Waals surface area contributed by atoms with Crippen LogP contribution in [0.2, 0.25) is 0 Å². The molecule has 0 spiro atoms. The molecule has 0 radical (unpaired) electrons. The highest BCUT2D eigenvalue weighted by Crippen LogP contribution is 2.27. The molecule has 2 rings (SSSR count). The third-order valence-electron chi connectivity index (χ3n) is 3.72. The molecule has 0 aliphatic carbocycles. The summed E-state index contributed by atoms with van der Waals surface area (Å²) in [5.74, 6) is -0.662. The Bertz CT molecular complexity index is 531. The summed E-state index contributed by atoms with van der Waals surface area (Å²) in [4.78, 5) is 25.2. The molecule has 1 aliphatic rings. The Labute approximate surface area is 123 Å². The summed E-state index contributed by atoms with van der Waals surface area (Å²) in [5, 5.41) is 9.00. The molecule has 6 heteroatoms. The third-order valence-corrected chi connectivity index (χ3v) is 3.72. The van der Waals surface area contributed by atoms with Crippen LogP contribution < -0.4 is 4.74 Å². The molecule has 1 aromatic carbocycles. The van der Waals surface area contributed by atoms with Crippen molar-refractivity contribution in [3.63, 3.8) is 0 Å². The van der Waals surface area contributed by atoms with Crippen molar-refractivity contribution in [2.45, 2.75) is 25.0 Å². The standard InChI is InChI=1S/C15H19NO5/c1-20-11-7-10(8-14(17)18)16(9-11)15(19)12-5-3-4-6-13(12)21-2/h3-6,10-11H,7-9H2,1-2H3,(H,17,18). The second-order valence-corrected chi connectivity index (χ2v) is 5.00. The van der Waals surface area contributed by atoms with Crippen LogP contribution in [0.3, 0.4) is 0 Å². The van der Waals surface area contributed by atoms with Gasteiger partial charge in [-0.15, -0.1) is 0 Å². The molecule has 114 valence electrons. The van der Waals surface area contributed by atoms with Crippen LogP contribution in [0.4, 0.5) is 0 Å². The Morgan fingerprint density at radius 1 is 1.33 bits per heavy atom. The molecule has 1 amide bonds. The maximum atomic E-state index is 12.7. The van der Waals surface area contributed by atoms with E-state index >= 15 is 0 Å². The molecule has 1 fully saturated rings. The first kappa shape index (κ1) is 15.3. The van der Waals surface area contributed by atoms with E-state index in [1.54, 1.807) is 36.3 Å². The minimum atomic E-state index is -0.922. The zero-order valence-corrected chi connectivity index (χ0v) is 12.1. The topological polar surface area (TPSA) is 76.1 Å². The van der Waals surface area contributed by atoms with Crippen LogP contribution >= 0.6 is 0 Å². The number of carbonyl (C=O) groups excluding carboxylic acids is 1. The van der Waals surface area contributed by atoms with Crippen molar-refractivity contribution in [3.8, 4) is 5.75 Å². The van der Waals surface area contributed by atoms with Crippen LogP contribution in [0.1, 0.15) is 23.2 Å². The van der Waals surface area contributed by atoms with Crippen molar-refractivity contribution in [3.05, 3.63) is 29.8 Å². The Balaban J connectivity index is 2.24. The number of carboxylic acids is 1. The lowest BCUT2D eigenvalue weighted by Crippen LogP contribution is -2.37. The average Bonchev–Trinajstić information content (AvgIpc) is 2.88. The lowest BCUT2D eigenvalue weighted by Gasteiger charge is -2.24. The fourth-order valence-corrected chi connectivity index (χ4v) is 2.66. The van der Waals surface area contributed by atoms with Crippen LogP contribution in [0, 0.1) is 0 Å². The van der Waals surface area contributed by atoms with Crippen molar-refractivity contribution in [1.29, 1.82) is 0 Å². The van der Waals surface area contributed by atoms with E-state index < -0.39 is 5.97 Å². The number of para-hydroxylation sites is 1. The summed E-state index contributed by atoms with van der Waals surface area (Å²) in [7, 11) is 3.07. The summed E-state index contributed by atoms with van der Waals surface area (Å²) in [6.07, 6.45) is 0.317. The molecule has 1 aromatic rings. The molecular formula is C15H19NO5. The molecule has 0 aromatic heterocycles. The third kappa shape index (κ3) is 3.33. The number of amides is 1. The highest BCUT2D eigenvalue weighted by Gasteiger charge is 2.37. The fraction of sp³-hybridized carbons (Fsp3) is 0.467. The SMILES string of the molecule is COc1ccccc1C(=O)N1CC(OC)CC1CC(=O)O. The number of carbonyl (C=O) groups is 2. The lowest BCUT2D eigenvalue weighted by atomic mass is 10.1. The van der Waals surface area contributed by atoms with Gasteiger partial charge in [0, 0.05) is 19.7 Å². The second-order valence-electron chi connectivity index (χ2n) is 5.00. The summed E-state index contributed by atoms with van der Waals surface area (Å²) in [5.41, 5.74) is 0.437. The average molecular weight is 293 g/mol. The van der Waals surface area contributed by atoms with Gasteiger partial charge in [0.2, 0.25) is 0 Å². The Hall–Kier alpha value is -2.08. The van der Waals surface area contributed by atoms with Gasteiger partial charge in [0.1, 0.15) is 5.75 Å². The molecule has 0 bridgehead atoms. The lowest BCUT2D eigenvalue weighted by molar-refractivity contribution is -0.137. The molecular weight excluding hydrogens is 274 g/mol. The molecule has 1 aliphatic heterocycles. The van der Waals surface area contributed by atoms with Gasteiger partial charge in [0.05, 0.1) is 25.2 Å². The molecule has 0 saturated carbocycles. The van der Waals surface area contributed by atoms with Gasteiger partial charge in [-0.3, -0.25) is 9.59 Å². The van der Waals surface area contributed by atoms with Crippen LogP contribution in [0.15, 0.2) is 24.3 Å². The monoisotopic (exact) mass is 293 g/mol. The number of hydrogen-bond donors (Lipinski definition) is 1. The van der Waals surface area contributed by atoms with Crippen molar-refractivity contribution in [2.24, 2.45) is 0 Å².